The first-order valence-electron chi connectivity index (χ1n) is 11.4. The van der Waals surface area contributed by atoms with Crippen molar-refractivity contribution in [2.24, 2.45) is 11.8 Å². The quantitative estimate of drug-likeness (QED) is 0.447. The summed E-state index contributed by atoms with van der Waals surface area (Å²) in [6.07, 6.45) is 3.48. The van der Waals surface area contributed by atoms with Crippen molar-refractivity contribution in [2.75, 3.05) is 24.7 Å². The Kier molecular flexibility index (Phi) is 7.25. The lowest BCUT2D eigenvalue weighted by Crippen LogP contribution is -2.35. The smallest absolute Gasteiger partial charge is 0.336 e. The number of carbonyl (C=O) groups excluding carboxylic acids is 3. The zero-order valence-corrected chi connectivity index (χ0v) is 20.5. The first-order valence-corrected chi connectivity index (χ1v) is 11.8. The number of aromatic nitrogens is 1. The second kappa shape index (κ2) is 10.4. The Labute approximate surface area is 211 Å². The van der Waals surface area contributed by atoms with Crippen LogP contribution in [0.3, 0.4) is 0 Å². The summed E-state index contributed by atoms with van der Waals surface area (Å²) >= 11 is 5.85. The second-order valence-electron chi connectivity index (χ2n) is 8.88. The number of anilines is 2. The van der Waals surface area contributed by atoms with Gasteiger partial charge in [-0.25, -0.2) is 9.78 Å². The van der Waals surface area contributed by atoms with E-state index in [0.29, 0.717) is 30.7 Å². The number of hydrogen-bond acceptors (Lipinski definition) is 6. The molecule has 0 bridgehead atoms. The Morgan fingerprint density at radius 1 is 1.03 bits per heavy atom. The zero-order chi connectivity index (χ0) is 26.0. The number of rotatable bonds is 6. The maximum atomic E-state index is 13.2. The number of furan rings is 1. The molecule has 1 aliphatic rings. The molecule has 1 saturated carbocycles. The number of amides is 3. The number of nitrogens with one attached hydrogen (secondary N) is 2. The fourth-order valence-corrected chi connectivity index (χ4v) is 4.53. The van der Waals surface area contributed by atoms with Crippen molar-refractivity contribution in [2.45, 2.75) is 25.7 Å². The molecule has 3 aromatic rings. The Hall–Kier alpha value is -3.92. The number of nitrogens with zero attached hydrogens (tertiary/aromatic N) is 2. The van der Waals surface area contributed by atoms with Crippen LogP contribution in [0.25, 0.3) is 11.0 Å². The molecule has 4 rings (SSSR count). The van der Waals surface area contributed by atoms with E-state index in [2.05, 4.69) is 15.6 Å². The Morgan fingerprint density at radius 3 is 2.33 bits per heavy atom. The molecule has 0 atom stereocenters. The van der Waals surface area contributed by atoms with E-state index in [-0.39, 0.29) is 51.5 Å². The number of carboxylic acids is 1. The topological polar surface area (TPSA) is 142 Å². The minimum Gasteiger partial charge on any atom is -0.478 e. The van der Waals surface area contributed by atoms with Crippen LogP contribution in [0.2, 0.25) is 5.02 Å². The molecule has 0 radical (unpaired) electrons. The molecule has 0 aliphatic heterocycles. The highest BCUT2D eigenvalue weighted by atomic mass is 35.5. The second-order valence-corrected chi connectivity index (χ2v) is 9.31. The first-order chi connectivity index (χ1) is 17.2. The van der Waals surface area contributed by atoms with Crippen molar-refractivity contribution in [3.63, 3.8) is 0 Å². The number of benzene rings is 1. The number of aromatic carboxylic acids is 1. The van der Waals surface area contributed by atoms with E-state index in [0.717, 1.165) is 0 Å². The highest BCUT2D eigenvalue weighted by Gasteiger charge is 2.33. The number of fused-ring (bicyclic) bond motifs is 1. The molecule has 1 fully saturated rings. The predicted molar refractivity (Wildman–Crippen MR) is 133 cm³/mol. The van der Waals surface area contributed by atoms with Crippen LogP contribution < -0.4 is 10.6 Å². The van der Waals surface area contributed by atoms with Gasteiger partial charge in [-0.1, -0.05) is 17.7 Å². The number of hydrogen-bond donors (Lipinski definition) is 3. The number of halogens is 1. The van der Waals surface area contributed by atoms with Gasteiger partial charge in [0.25, 0.3) is 5.91 Å². The molecule has 11 heteroatoms. The lowest BCUT2D eigenvalue weighted by Gasteiger charge is -2.28. The van der Waals surface area contributed by atoms with Crippen LogP contribution in [0.4, 0.5) is 11.5 Å². The molecule has 0 spiro atoms. The molecule has 3 N–H and O–H groups in total. The van der Waals surface area contributed by atoms with Crippen molar-refractivity contribution < 1.29 is 28.7 Å². The van der Waals surface area contributed by atoms with Gasteiger partial charge in [0, 0.05) is 32.1 Å². The lowest BCUT2D eigenvalue weighted by molar-refractivity contribution is -0.135. The maximum absolute atomic E-state index is 13.2. The van der Waals surface area contributed by atoms with Crippen LogP contribution in [0.5, 0.6) is 0 Å². The normalized spacial score (nSPS) is 17.4. The zero-order valence-electron chi connectivity index (χ0n) is 19.7. The summed E-state index contributed by atoms with van der Waals surface area (Å²) in [5.41, 5.74) is 0.00108. The lowest BCUT2D eigenvalue weighted by atomic mass is 9.81. The van der Waals surface area contributed by atoms with Crippen LogP contribution >= 0.6 is 11.6 Å². The Bertz CT molecular complexity index is 1330. The molecule has 10 nitrogen and oxygen atoms in total. The van der Waals surface area contributed by atoms with Crippen LogP contribution in [0, 0.1) is 11.8 Å². The Balaban J connectivity index is 1.63. The highest BCUT2D eigenvalue weighted by Crippen LogP contribution is 2.36. The van der Waals surface area contributed by atoms with E-state index >= 15 is 0 Å². The van der Waals surface area contributed by atoms with Crippen molar-refractivity contribution in [1.29, 1.82) is 0 Å². The van der Waals surface area contributed by atoms with Crippen LogP contribution in [-0.2, 0) is 9.59 Å². The van der Waals surface area contributed by atoms with Crippen molar-refractivity contribution in [1.82, 2.24) is 9.88 Å². The van der Waals surface area contributed by atoms with E-state index in [1.165, 1.54) is 30.5 Å². The fraction of sp³-hybridized carbons (Fsp3) is 0.320. The summed E-state index contributed by atoms with van der Waals surface area (Å²) in [5.74, 6) is -2.86. The van der Waals surface area contributed by atoms with Gasteiger partial charge in [0.05, 0.1) is 16.0 Å². The van der Waals surface area contributed by atoms with E-state index < -0.39 is 17.8 Å². The molecular weight excluding hydrogens is 488 g/mol. The predicted octanol–water partition coefficient (Wildman–Crippen LogP) is 4.26. The van der Waals surface area contributed by atoms with Crippen molar-refractivity contribution >= 4 is 57.8 Å². The minimum atomic E-state index is -1.23. The van der Waals surface area contributed by atoms with E-state index in [1.54, 1.807) is 25.1 Å². The molecule has 3 amide bonds. The summed E-state index contributed by atoms with van der Waals surface area (Å²) in [6, 6.07) is 7.43. The van der Waals surface area contributed by atoms with Gasteiger partial charge in [0.15, 0.2) is 0 Å². The fourth-order valence-electron chi connectivity index (χ4n) is 4.42. The third-order valence-corrected chi connectivity index (χ3v) is 6.48. The van der Waals surface area contributed by atoms with Gasteiger partial charge in [-0.05, 0) is 49.9 Å². The van der Waals surface area contributed by atoms with E-state index in [1.807, 2.05) is 0 Å². The standard InChI is InChI=1S/C25H25ClN4O6/c1-30(2)24(33)14-8-6-13(7-9-14)22(31)29-20-19-16(25(34)35)4-3-5-17(19)36-21(20)23(32)28-18-11-10-15(26)12-27-18/h3-5,10-14H,6-9H2,1-2H3,(H,29,31)(H,34,35)(H,27,28,32)/t13-,14-. The number of carbonyl (C=O) groups is 4. The average molecular weight is 513 g/mol. The maximum Gasteiger partial charge on any atom is 0.336 e. The average Bonchev–Trinajstić information content (AvgIpc) is 3.23. The van der Waals surface area contributed by atoms with Crippen LogP contribution in [0.15, 0.2) is 40.9 Å². The van der Waals surface area contributed by atoms with E-state index in [4.69, 9.17) is 16.0 Å². The SMILES string of the molecule is CN(C)C(=O)[C@H]1CC[C@H](C(=O)Nc2c(C(=O)Nc3ccc(Cl)cn3)oc3cccc(C(=O)O)c23)CC1. The third-order valence-electron chi connectivity index (χ3n) is 6.26. The van der Waals surface area contributed by atoms with Gasteiger partial charge in [-0.15, -0.1) is 0 Å². The molecule has 36 heavy (non-hydrogen) atoms. The number of pyridine rings is 1. The van der Waals surface area contributed by atoms with Crippen LogP contribution in [0.1, 0.15) is 46.6 Å². The van der Waals surface area contributed by atoms with Crippen LogP contribution in [-0.4, -0.2) is 52.8 Å². The summed E-state index contributed by atoms with van der Waals surface area (Å²) in [6.45, 7) is 0. The monoisotopic (exact) mass is 512 g/mol. The van der Waals surface area contributed by atoms with Gasteiger partial charge in [0.1, 0.15) is 17.1 Å². The first kappa shape index (κ1) is 25.2. The van der Waals surface area contributed by atoms with Gasteiger partial charge in [-0.2, -0.15) is 0 Å². The van der Waals surface area contributed by atoms with Crippen molar-refractivity contribution in [3.8, 4) is 0 Å². The van der Waals surface area contributed by atoms with Gasteiger partial charge in [-0.3, -0.25) is 14.4 Å². The summed E-state index contributed by atoms with van der Waals surface area (Å²) < 4.78 is 5.72. The summed E-state index contributed by atoms with van der Waals surface area (Å²) in [5, 5.41) is 15.5. The molecule has 2 heterocycles. The molecule has 1 aromatic carbocycles. The largest absolute Gasteiger partial charge is 0.478 e. The molecular formula is C25H25ClN4O6. The molecule has 188 valence electrons. The molecule has 0 unspecified atom stereocenters. The summed E-state index contributed by atoms with van der Waals surface area (Å²) in [7, 11) is 3.41. The van der Waals surface area contributed by atoms with Gasteiger partial charge < -0.3 is 25.1 Å². The van der Waals surface area contributed by atoms with Gasteiger partial charge in [0.2, 0.25) is 17.6 Å². The highest BCUT2D eigenvalue weighted by molar-refractivity contribution is 6.30. The molecule has 2 aromatic heterocycles. The minimum absolute atomic E-state index is 0.0223. The Morgan fingerprint density at radius 2 is 1.72 bits per heavy atom. The van der Waals surface area contributed by atoms with Gasteiger partial charge >= 0.3 is 5.97 Å². The summed E-state index contributed by atoms with van der Waals surface area (Å²) in [4.78, 5) is 56.0. The molecule has 1 aliphatic carbocycles. The third kappa shape index (κ3) is 5.18. The molecule has 0 saturated heterocycles. The van der Waals surface area contributed by atoms with Crippen molar-refractivity contribution in [3.05, 3.63) is 52.9 Å². The van der Waals surface area contributed by atoms with E-state index in [9.17, 15) is 24.3 Å². The number of carboxylic acid groups (broad SMARTS) is 1.